The van der Waals surface area contributed by atoms with Crippen LogP contribution >= 0.6 is 0 Å². The predicted octanol–water partition coefficient (Wildman–Crippen LogP) is 1.91. The highest BCUT2D eigenvalue weighted by atomic mass is 16.2. The van der Waals surface area contributed by atoms with Gasteiger partial charge in [-0.2, -0.15) is 5.10 Å². The Kier molecular flexibility index (Phi) is 5.58. The number of rotatable bonds is 4. The number of nitrogens with zero attached hydrogens (tertiary/aromatic N) is 6. The molecule has 0 spiro atoms. The van der Waals surface area contributed by atoms with Crippen molar-refractivity contribution < 1.29 is 9.59 Å². The van der Waals surface area contributed by atoms with E-state index in [2.05, 4.69) is 15.1 Å². The molecule has 8 nitrogen and oxygen atoms in total. The van der Waals surface area contributed by atoms with Crippen LogP contribution in [0.5, 0.6) is 0 Å². The van der Waals surface area contributed by atoms with Crippen LogP contribution in [0.2, 0.25) is 0 Å². The molecule has 2 aliphatic rings. The molecule has 2 aromatic rings. The first-order valence-corrected chi connectivity index (χ1v) is 10.8. The maximum absolute atomic E-state index is 13.0. The fraction of sp³-hybridized carbons (Fsp3) is 0.591. The number of aromatic nitrogens is 4. The molecule has 4 rings (SSSR count). The molecule has 0 bridgehead atoms. The molecule has 8 heteroatoms. The second-order valence-corrected chi connectivity index (χ2v) is 8.52. The SMILES string of the molecule is Cc1cc(C)nc(-n2nc(C)c(CC(=O)N3CCN(C(=O)C4CCC4)CC3)c2C)n1. The summed E-state index contributed by atoms with van der Waals surface area (Å²) in [4.78, 5) is 38.2. The van der Waals surface area contributed by atoms with Crippen LogP contribution in [-0.4, -0.2) is 67.5 Å². The Bertz CT molecular complexity index is 950. The molecule has 2 aromatic heterocycles. The maximum Gasteiger partial charge on any atom is 0.251 e. The van der Waals surface area contributed by atoms with E-state index < -0.39 is 0 Å². The summed E-state index contributed by atoms with van der Waals surface area (Å²) in [7, 11) is 0. The van der Waals surface area contributed by atoms with Crippen LogP contribution in [0.3, 0.4) is 0 Å². The molecule has 1 saturated carbocycles. The summed E-state index contributed by atoms with van der Waals surface area (Å²) in [6.07, 6.45) is 3.50. The zero-order valence-electron chi connectivity index (χ0n) is 18.3. The molecule has 1 aliphatic carbocycles. The smallest absolute Gasteiger partial charge is 0.251 e. The molecule has 0 atom stereocenters. The Morgan fingerprint density at radius 2 is 1.57 bits per heavy atom. The molecule has 0 radical (unpaired) electrons. The number of carbonyl (C=O) groups is 2. The number of hydrogen-bond donors (Lipinski definition) is 0. The number of amides is 2. The van der Waals surface area contributed by atoms with Gasteiger partial charge in [0.25, 0.3) is 5.95 Å². The van der Waals surface area contributed by atoms with Crippen molar-refractivity contribution in [1.82, 2.24) is 29.5 Å². The van der Waals surface area contributed by atoms with Gasteiger partial charge in [0, 0.05) is 54.7 Å². The molecule has 160 valence electrons. The van der Waals surface area contributed by atoms with Crippen molar-refractivity contribution in [3.63, 3.8) is 0 Å². The molecular weight excluding hydrogens is 380 g/mol. The van der Waals surface area contributed by atoms with Crippen LogP contribution in [0.25, 0.3) is 5.95 Å². The minimum absolute atomic E-state index is 0.0813. The molecule has 0 aromatic carbocycles. The van der Waals surface area contributed by atoms with E-state index in [-0.39, 0.29) is 17.7 Å². The molecule has 1 saturated heterocycles. The lowest BCUT2D eigenvalue weighted by Gasteiger charge is -2.38. The van der Waals surface area contributed by atoms with Crippen molar-refractivity contribution >= 4 is 11.8 Å². The van der Waals surface area contributed by atoms with Gasteiger partial charge in [-0.1, -0.05) is 6.42 Å². The van der Waals surface area contributed by atoms with E-state index in [4.69, 9.17) is 0 Å². The highest BCUT2D eigenvalue weighted by Gasteiger charge is 2.32. The van der Waals surface area contributed by atoms with E-state index in [1.807, 2.05) is 43.6 Å². The zero-order valence-corrected chi connectivity index (χ0v) is 18.3. The lowest BCUT2D eigenvalue weighted by molar-refractivity contribution is -0.143. The number of carbonyl (C=O) groups excluding carboxylic acids is 2. The van der Waals surface area contributed by atoms with Gasteiger partial charge in [0.1, 0.15) is 0 Å². The molecule has 1 aliphatic heterocycles. The van der Waals surface area contributed by atoms with Crippen LogP contribution < -0.4 is 0 Å². The average Bonchev–Trinajstić information content (AvgIpc) is 2.94. The lowest BCUT2D eigenvalue weighted by atomic mass is 9.84. The van der Waals surface area contributed by atoms with Gasteiger partial charge < -0.3 is 9.80 Å². The quantitative estimate of drug-likeness (QED) is 0.769. The number of piperazine rings is 1. The van der Waals surface area contributed by atoms with Crippen molar-refractivity contribution in [3.05, 3.63) is 34.4 Å². The molecular formula is C22H30N6O2. The number of aryl methyl sites for hydroxylation is 3. The fourth-order valence-electron chi connectivity index (χ4n) is 4.28. The van der Waals surface area contributed by atoms with Crippen molar-refractivity contribution in [1.29, 1.82) is 0 Å². The van der Waals surface area contributed by atoms with Gasteiger partial charge in [-0.25, -0.2) is 14.6 Å². The Morgan fingerprint density at radius 1 is 0.967 bits per heavy atom. The fourth-order valence-corrected chi connectivity index (χ4v) is 4.28. The highest BCUT2D eigenvalue weighted by Crippen LogP contribution is 2.28. The number of hydrogen-bond acceptors (Lipinski definition) is 5. The predicted molar refractivity (Wildman–Crippen MR) is 112 cm³/mol. The molecule has 2 fully saturated rings. The van der Waals surface area contributed by atoms with E-state index in [0.29, 0.717) is 38.5 Å². The summed E-state index contributed by atoms with van der Waals surface area (Å²) in [5, 5.41) is 4.60. The Balaban J connectivity index is 1.42. The van der Waals surface area contributed by atoms with Crippen LogP contribution in [0.1, 0.15) is 47.6 Å². The Morgan fingerprint density at radius 3 is 2.13 bits per heavy atom. The third kappa shape index (κ3) is 3.95. The summed E-state index contributed by atoms with van der Waals surface area (Å²) < 4.78 is 1.73. The van der Waals surface area contributed by atoms with Crippen LogP contribution in [0.15, 0.2) is 6.07 Å². The first-order valence-electron chi connectivity index (χ1n) is 10.8. The van der Waals surface area contributed by atoms with E-state index in [1.54, 1.807) is 4.68 Å². The normalized spacial score (nSPS) is 17.2. The van der Waals surface area contributed by atoms with Gasteiger partial charge in [0.15, 0.2) is 0 Å². The molecule has 0 unspecified atom stereocenters. The molecule has 2 amide bonds. The van der Waals surface area contributed by atoms with Crippen molar-refractivity contribution in [3.8, 4) is 5.95 Å². The Hall–Kier alpha value is -2.77. The van der Waals surface area contributed by atoms with Gasteiger partial charge in [-0.3, -0.25) is 9.59 Å². The Labute approximate surface area is 177 Å². The molecule has 0 N–H and O–H groups in total. The first kappa shape index (κ1) is 20.5. The third-order valence-electron chi connectivity index (χ3n) is 6.33. The standard InChI is InChI=1S/C22H30N6O2/c1-14-12-15(2)24-22(23-14)28-17(4)19(16(3)25-28)13-20(29)26-8-10-27(11-9-26)21(30)18-6-5-7-18/h12,18H,5-11,13H2,1-4H3. The van der Waals surface area contributed by atoms with Crippen molar-refractivity contribution in [2.24, 2.45) is 5.92 Å². The van der Waals surface area contributed by atoms with Gasteiger partial charge in [0.2, 0.25) is 11.8 Å². The summed E-state index contributed by atoms with van der Waals surface area (Å²) >= 11 is 0. The monoisotopic (exact) mass is 410 g/mol. The first-order chi connectivity index (χ1) is 14.3. The summed E-state index contributed by atoms with van der Waals surface area (Å²) in [5.74, 6) is 1.11. The second kappa shape index (κ2) is 8.16. The minimum Gasteiger partial charge on any atom is -0.339 e. The third-order valence-corrected chi connectivity index (χ3v) is 6.33. The maximum atomic E-state index is 13.0. The lowest BCUT2D eigenvalue weighted by Crippen LogP contribution is -2.52. The topological polar surface area (TPSA) is 84.2 Å². The molecule has 30 heavy (non-hydrogen) atoms. The summed E-state index contributed by atoms with van der Waals surface area (Å²) in [6, 6.07) is 1.93. The van der Waals surface area contributed by atoms with Crippen molar-refractivity contribution in [2.75, 3.05) is 26.2 Å². The van der Waals surface area contributed by atoms with Gasteiger partial charge >= 0.3 is 0 Å². The second-order valence-electron chi connectivity index (χ2n) is 8.52. The highest BCUT2D eigenvalue weighted by molar-refractivity contribution is 5.81. The average molecular weight is 411 g/mol. The van der Waals surface area contributed by atoms with Gasteiger partial charge in [-0.05, 0) is 46.6 Å². The molecule has 3 heterocycles. The van der Waals surface area contributed by atoms with Crippen LogP contribution in [0, 0.1) is 33.6 Å². The largest absolute Gasteiger partial charge is 0.339 e. The van der Waals surface area contributed by atoms with Crippen molar-refractivity contribution in [2.45, 2.75) is 53.4 Å². The van der Waals surface area contributed by atoms with E-state index in [1.165, 1.54) is 0 Å². The van der Waals surface area contributed by atoms with E-state index >= 15 is 0 Å². The van der Waals surface area contributed by atoms with Gasteiger partial charge in [-0.15, -0.1) is 0 Å². The van der Waals surface area contributed by atoms with E-state index in [9.17, 15) is 9.59 Å². The van der Waals surface area contributed by atoms with Crippen LogP contribution in [0.4, 0.5) is 0 Å². The zero-order chi connectivity index (χ0) is 21.4. The van der Waals surface area contributed by atoms with Gasteiger partial charge in [0.05, 0.1) is 12.1 Å². The van der Waals surface area contributed by atoms with E-state index in [0.717, 1.165) is 47.6 Å². The summed E-state index contributed by atoms with van der Waals surface area (Å²) in [5.41, 5.74) is 4.41. The minimum atomic E-state index is 0.0813. The van der Waals surface area contributed by atoms with Crippen LogP contribution in [-0.2, 0) is 16.0 Å². The summed E-state index contributed by atoms with van der Waals surface area (Å²) in [6.45, 7) is 10.2.